The molecule has 0 saturated heterocycles. The number of anilines is 1. The number of rotatable bonds is 2. The molecule has 0 aliphatic carbocycles. The average molecular weight is 181 g/mol. The van der Waals surface area contributed by atoms with Crippen LogP contribution in [0.5, 0.6) is 5.75 Å². The Bertz CT molecular complexity index is 323. The molecule has 0 fully saturated rings. The van der Waals surface area contributed by atoms with E-state index in [1.54, 1.807) is 12.1 Å². The first-order valence-electron chi connectivity index (χ1n) is 3.81. The lowest BCUT2D eigenvalue weighted by Gasteiger charge is -2.05. The molecule has 0 aromatic heterocycles. The molecule has 0 unspecified atom stereocenters. The lowest BCUT2D eigenvalue weighted by molar-refractivity contribution is -0.131. The highest BCUT2D eigenvalue weighted by molar-refractivity contribution is 5.69. The quantitative estimate of drug-likeness (QED) is 0.400. The fraction of sp³-hybridized carbons (Fsp3) is 0.222. The number of nitrogen functional groups attached to an aromatic ring is 1. The summed E-state index contributed by atoms with van der Waals surface area (Å²) in [4.78, 5) is 10.6. The van der Waals surface area contributed by atoms with E-state index in [2.05, 4.69) is 0 Å². The van der Waals surface area contributed by atoms with Crippen LogP contribution in [0.4, 0.5) is 5.69 Å². The summed E-state index contributed by atoms with van der Waals surface area (Å²) in [5, 5.41) is 8.86. The van der Waals surface area contributed by atoms with Crippen LogP contribution >= 0.6 is 0 Å². The molecule has 4 nitrogen and oxygen atoms in total. The number of nitrogens with two attached hydrogens (primary N) is 1. The maximum absolute atomic E-state index is 10.6. The minimum Gasteiger partial charge on any atom is -0.427 e. The van der Waals surface area contributed by atoms with Crippen LogP contribution in [-0.2, 0) is 11.4 Å². The van der Waals surface area contributed by atoms with E-state index in [0.717, 1.165) is 0 Å². The van der Waals surface area contributed by atoms with Crippen LogP contribution in [0.15, 0.2) is 18.2 Å². The van der Waals surface area contributed by atoms with Crippen molar-refractivity contribution in [1.82, 2.24) is 0 Å². The van der Waals surface area contributed by atoms with Gasteiger partial charge in [0.1, 0.15) is 5.75 Å². The molecule has 0 amide bonds. The van der Waals surface area contributed by atoms with Crippen molar-refractivity contribution in [3.63, 3.8) is 0 Å². The van der Waals surface area contributed by atoms with Gasteiger partial charge >= 0.3 is 5.97 Å². The fourth-order valence-electron chi connectivity index (χ4n) is 0.948. The second-order valence-electron chi connectivity index (χ2n) is 2.61. The van der Waals surface area contributed by atoms with Crippen LogP contribution in [0.2, 0.25) is 0 Å². The topological polar surface area (TPSA) is 72.5 Å². The van der Waals surface area contributed by atoms with Crippen LogP contribution in [0.1, 0.15) is 12.5 Å². The maximum atomic E-state index is 10.6. The summed E-state index contributed by atoms with van der Waals surface area (Å²) in [5.74, 6) is -0.000545. The highest BCUT2D eigenvalue weighted by Crippen LogP contribution is 2.19. The minimum absolute atomic E-state index is 0.166. The van der Waals surface area contributed by atoms with E-state index >= 15 is 0 Å². The lowest BCUT2D eigenvalue weighted by Crippen LogP contribution is -2.02. The Morgan fingerprint density at radius 3 is 2.85 bits per heavy atom. The number of ether oxygens (including phenoxy) is 1. The summed E-state index contributed by atoms with van der Waals surface area (Å²) in [5.41, 5.74) is 6.57. The van der Waals surface area contributed by atoms with Crippen molar-refractivity contribution in [2.75, 3.05) is 5.73 Å². The largest absolute Gasteiger partial charge is 0.427 e. The van der Waals surface area contributed by atoms with E-state index < -0.39 is 5.97 Å². The van der Waals surface area contributed by atoms with Crippen molar-refractivity contribution in [3.8, 4) is 5.75 Å². The number of benzene rings is 1. The van der Waals surface area contributed by atoms with Crippen LogP contribution in [0.3, 0.4) is 0 Å². The lowest BCUT2D eigenvalue weighted by atomic mass is 10.2. The molecule has 4 heteroatoms. The highest BCUT2D eigenvalue weighted by Gasteiger charge is 2.02. The molecule has 0 aliphatic rings. The third kappa shape index (κ3) is 2.45. The van der Waals surface area contributed by atoms with Gasteiger partial charge in [0.15, 0.2) is 0 Å². The Balaban J connectivity index is 2.92. The minimum atomic E-state index is -0.395. The van der Waals surface area contributed by atoms with Gasteiger partial charge in [-0.1, -0.05) is 0 Å². The Morgan fingerprint density at radius 1 is 1.62 bits per heavy atom. The number of aliphatic hydroxyl groups excluding tert-OH is 1. The van der Waals surface area contributed by atoms with Crippen molar-refractivity contribution < 1.29 is 14.6 Å². The van der Waals surface area contributed by atoms with Gasteiger partial charge in [0.25, 0.3) is 0 Å². The molecule has 0 aliphatic heterocycles. The summed E-state index contributed by atoms with van der Waals surface area (Å²) < 4.78 is 4.81. The van der Waals surface area contributed by atoms with E-state index in [9.17, 15) is 4.79 Å². The van der Waals surface area contributed by atoms with Gasteiger partial charge in [-0.3, -0.25) is 4.79 Å². The Morgan fingerprint density at radius 2 is 2.31 bits per heavy atom. The monoisotopic (exact) mass is 181 g/mol. The predicted molar refractivity (Wildman–Crippen MR) is 48.1 cm³/mol. The molecule has 0 spiro atoms. The van der Waals surface area contributed by atoms with Crippen molar-refractivity contribution in [2.24, 2.45) is 0 Å². The fourth-order valence-corrected chi connectivity index (χ4v) is 0.948. The van der Waals surface area contributed by atoms with E-state index in [0.29, 0.717) is 17.0 Å². The first-order chi connectivity index (χ1) is 6.13. The zero-order chi connectivity index (χ0) is 9.84. The molecular formula is C9H11NO3. The molecule has 0 atom stereocenters. The number of carbonyl (C=O) groups is 1. The number of carbonyl (C=O) groups excluding carboxylic acids is 1. The standard InChI is InChI=1S/C9H11NO3/c1-6(12)13-8-2-3-9(10)7(4-8)5-11/h2-4,11H,5,10H2,1H3. The van der Waals surface area contributed by atoms with Crippen LogP contribution in [0.25, 0.3) is 0 Å². The van der Waals surface area contributed by atoms with E-state index in [4.69, 9.17) is 15.6 Å². The van der Waals surface area contributed by atoms with Gasteiger partial charge in [-0.2, -0.15) is 0 Å². The molecule has 1 aromatic rings. The molecule has 0 radical (unpaired) electrons. The second-order valence-corrected chi connectivity index (χ2v) is 2.61. The second kappa shape index (κ2) is 3.91. The number of aliphatic hydroxyl groups is 1. The smallest absolute Gasteiger partial charge is 0.308 e. The maximum Gasteiger partial charge on any atom is 0.308 e. The summed E-state index contributed by atoms with van der Waals surface area (Å²) in [7, 11) is 0. The zero-order valence-corrected chi connectivity index (χ0v) is 7.28. The third-order valence-corrected chi connectivity index (χ3v) is 1.55. The first-order valence-corrected chi connectivity index (χ1v) is 3.81. The first kappa shape index (κ1) is 9.54. The van der Waals surface area contributed by atoms with Gasteiger partial charge < -0.3 is 15.6 Å². The summed E-state index contributed by atoms with van der Waals surface area (Å²) in [6.07, 6.45) is 0. The third-order valence-electron chi connectivity index (χ3n) is 1.55. The number of hydrogen-bond acceptors (Lipinski definition) is 4. The van der Waals surface area contributed by atoms with Crippen molar-refractivity contribution in [2.45, 2.75) is 13.5 Å². The van der Waals surface area contributed by atoms with Crippen LogP contribution in [0, 0.1) is 0 Å². The Kier molecular flexibility index (Phi) is 2.87. The van der Waals surface area contributed by atoms with Gasteiger partial charge in [-0.05, 0) is 18.2 Å². The summed E-state index contributed by atoms with van der Waals surface area (Å²) in [6, 6.07) is 4.70. The van der Waals surface area contributed by atoms with Gasteiger partial charge in [-0.25, -0.2) is 0 Å². The molecule has 13 heavy (non-hydrogen) atoms. The van der Waals surface area contributed by atoms with Gasteiger partial charge in [0, 0.05) is 18.2 Å². The van der Waals surface area contributed by atoms with E-state index in [1.807, 2.05) is 0 Å². The van der Waals surface area contributed by atoms with Crippen molar-refractivity contribution in [1.29, 1.82) is 0 Å². The van der Waals surface area contributed by atoms with Gasteiger partial charge in [0.2, 0.25) is 0 Å². The van der Waals surface area contributed by atoms with Crippen molar-refractivity contribution >= 4 is 11.7 Å². The predicted octanol–water partition coefficient (Wildman–Crippen LogP) is 0.686. The van der Waals surface area contributed by atoms with E-state index in [-0.39, 0.29) is 6.61 Å². The van der Waals surface area contributed by atoms with Gasteiger partial charge in [-0.15, -0.1) is 0 Å². The molecule has 1 aromatic carbocycles. The number of esters is 1. The summed E-state index contributed by atoms with van der Waals surface area (Å²) >= 11 is 0. The molecule has 0 heterocycles. The SMILES string of the molecule is CC(=O)Oc1ccc(N)c(CO)c1. The van der Waals surface area contributed by atoms with Crippen molar-refractivity contribution in [3.05, 3.63) is 23.8 Å². The molecule has 1 rings (SSSR count). The molecule has 3 N–H and O–H groups in total. The molecular weight excluding hydrogens is 170 g/mol. The summed E-state index contributed by atoms with van der Waals surface area (Å²) in [6.45, 7) is 1.15. The Labute approximate surface area is 75.9 Å². The van der Waals surface area contributed by atoms with Crippen LogP contribution < -0.4 is 10.5 Å². The van der Waals surface area contributed by atoms with Crippen LogP contribution in [-0.4, -0.2) is 11.1 Å². The number of hydrogen-bond donors (Lipinski definition) is 2. The van der Waals surface area contributed by atoms with Gasteiger partial charge in [0.05, 0.1) is 6.61 Å². The zero-order valence-electron chi connectivity index (χ0n) is 7.28. The molecule has 70 valence electrons. The highest BCUT2D eigenvalue weighted by atomic mass is 16.5. The van der Waals surface area contributed by atoms with E-state index in [1.165, 1.54) is 13.0 Å². The average Bonchev–Trinajstić information content (AvgIpc) is 2.07. The Hall–Kier alpha value is -1.55. The molecule has 0 saturated carbocycles. The normalized spacial score (nSPS) is 9.69. The molecule has 0 bridgehead atoms.